The Morgan fingerprint density at radius 2 is 1.53 bits per heavy atom. The number of fused-ring (bicyclic) bond motifs is 1. The van der Waals surface area contributed by atoms with Gasteiger partial charge in [-0.05, 0) is 34.5 Å². The van der Waals surface area contributed by atoms with Crippen LogP contribution >= 0.6 is 12.4 Å². The van der Waals surface area contributed by atoms with E-state index in [0.29, 0.717) is 6.54 Å². The quantitative estimate of drug-likeness (QED) is 0.652. The number of halogens is 1. The number of hydrogen-bond acceptors (Lipinski definition) is 3. The Bertz CT molecular complexity index is 485. The molecule has 0 radical (unpaired) electrons. The highest BCUT2D eigenvalue weighted by Crippen LogP contribution is 2.30. The van der Waals surface area contributed by atoms with Gasteiger partial charge in [-0.1, -0.05) is 12.1 Å². The summed E-state index contributed by atoms with van der Waals surface area (Å²) in [6.45, 7) is 0.470. The first-order valence-electron chi connectivity index (χ1n) is 4.35. The number of phenolic OH excluding ortho intramolecular Hbond substituents is 2. The molecule has 0 heterocycles. The van der Waals surface area contributed by atoms with E-state index < -0.39 is 0 Å². The minimum Gasteiger partial charge on any atom is -0.504 e. The largest absolute Gasteiger partial charge is 0.504 e. The molecule has 3 nitrogen and oxygen atoms in total. The minimum atomic E-state index is -0.105. The second-order valence-electron chi connectivity index (χ2n) is 3.23. The van der Waals surface area contributed by atoms with Gasteiger partial charge in [0.25, 0.3) is 0 Å². The first kappa shape index (κ1) is 11.6. The molecule has 0 aliphatic heterocycles. The van der Waals surface area contributed by atoms with Crippen LogP contribution in [-0.4, -0.2) is 10.2 Å². The number of hydrogen-bond donors (Lipinski definition) is 3. The van der Waals surface area contributed by atoms with E-state index in [0.717, 1.165) is 16.3 Å². The Morgan fingerprint density at radius 1 is 0.933 bits per heavy atom. The SMILES string of the molecule is Cl.NCc1ccc2cc(O)c(O)cc2c1. The number of nitrogens with two attached hydrogens (primary N) is 1. The topological polar surface area (TPSA) is 66.5 Å². The normalized spacial score (nSPS) is 9.93. The van der Waals surface area contributed by atoms with Gasteiger partial charge in [-0.15, -0.1) is 12.4 Å². The van der Waals surface area contributed by atoms with Gasteiger partial charge in [-0.25, -0.2) is 0 Å². The number of phenols is 2. The van der Waals surface area contributed by atoms with Crippen LogP contribution in [-0.2, 0) is 6.54 Å². The van der Waals surface area contributed by atoms with Crippen molar-refractivity contribution in [2.24, 2.45) is 5.73 Å². The van der Waals surface area contributed by atoms with Gasteiger partial charge in [0.05, 0.1) is 0 Å². The molecule has 0 fully saturated rings. The Morgan fingerprint density at radius 3 is 2.13 bits per heavy atom. The zero-order chi connectivity index (χ0) is 10.1. The molecule has 0 aliphatic rings. The molecule has 0 bridgehead atoms. The van der Waals surface area contributed by atoms with Crippen LogP contribution in [0.2, 0.25) is 0 Å². The molecule has 80 valence electrons. The third-order valence-corrected chi connectivity index (χ3v) is 2.23. The van der Waals surface area contributed by atoms with Gasteiger partial charge >= 0.3 is 0 Å². The molecule has 2 aromatic rings. The van der Waals surface area contributed by atoms with Gasteiger partial charge in [0.2, 0.25) is 0 Å². The number of aromatic hydroxyl groups is 2. The summed E-state index contributed by atoms with van der Waals surface area (Å²) in [6, 6.07) is 8.73. The second-order valence-corrected chi connectivity index (χ2v) is 3.23. The van der Waals surface area contributed by atoms with E-state index in [2.05, 4.69) is 0 Å². The van der Waals surface area contributed by atoms with Crippen LogP contribution in [0.15, 0.2) is 30.3 Å². The molecule has 0 amide bonds. The molecule has 0 aromatic heterocycles. The Balaban J connectivity index is 0.00000112. The molecule has 0 unspecified atom stereocenters. The maximum absolute atomic E-state index is 9.30. The monoisotopic (exact) mass is 225 g/mol. The summed E-state index contributed by atoms with van der Waals surface area (Å²) in [5, 5.41) is 20.3. The fourth-order valence-corrected chi connectivity index (χ4v) is 1.45. The lowest BCUT2D eigenvalue weighted by Crippen LogP contribution is -1.95. The Kier molecular flexibility index (Phi) is 3.39. The summed E-state index contributed by atoms with van der Waals surface area (Å²) < 4.78 is 0. The Hall–Kier alpha value is -1.45. The van der Waals surface area contributed by atoms with Crippen molar-refractivity contribution >= 4 is 23.2 Å². The molecular formula is C11H12ClNO2. The van der Waals surface area contributed by atoms with E-state index >= 15 is 0 Å². The van der Waals surface area contributed by atoms with Gasteiger partial charge in [0.1, 0.15) is 0 Å². The standard InChI is InChI=1S/C11H11NO2.ClH/c12-6-7-1-2-8-4-10(13)11(14)5-9(8)3-7;/h1-5,13-14H,6,12H2;1H. The van der Waals surface area contributed by atoms with Gasteiger partial charge in [-0.3, -0.25) is 0 Å². The summed E-state index contributed by atoms with van der Waals surface area (Å²) in [7, 11) is 0. The third kappa shape index (κ3) is 2.14. The maximum Gasteiger partial charge on any atom is 0.158 e. The van der Waals surface area contributed by atoms with Crippen molar-refractivity contribution in [3.8, 4) is 11.5 Å². The molecule has 0 aliphatic carbocycles. The van der Waals surface area contributed by atoms with Crippen LogP contribution in [0, 0.1) is 0 Å². The first-order chi connectivity index (χ1) is 6.70. The van der Waals surface area contributed by atoms with E-state index in [1.807, 2.05) is 18.2 Å². The Labute approximate surface area is 93.6 Å². The highest BCUT2D eigenvalue weighted by Gasteiger charge is 2.02. The summed E-state index contributed by atoms with van der Waals surface area (Å²) in [5.74, 6) is -0.204. The molecule has 4 N–H and O–H groups in total. The minimum absolute atomic E-state index is 0. The van der Waals surface area contributed by atoms with E-state index in [9.17, 15) is 10.2 Å². The summed E-state index contributed by atoms with van der Waals surface area (Å²) in [6.07, 6.45) is 0. The predicted octanol–water partition coefficient (Wildman–Crippen LogP) is 2.13. The number of benzene rings is 2. The summed E-state index contributed by atoms with van der Waals surface area (Å²) in [4.78, 5) is 0. The van der Waals surface area contributed by atoms with Crippen molar-refractivity contribution in [1.82, 2.24) is 0 Å². The smallest absolute Gasteiger partial charge is 0.158 e. The van der Waals surface area contributed by atoms with Crippen molar-refractivity contribution in [2.45, 2.75) is 6.54 Å². The van der Waals surface area contributed by atoms with Crippen LogP contribution in [0.4, 0.5) is 0 Å². The van der Waals surface area contributed by atoms with Crippen LogP contribution in [0.5, 0.6) is 11.5 Å². The lowest BCUT2D eigenvalue weighted by molar-refractivity contribution is 0.405. The van der Waals surface area contributed by atoms with Gasteiger partial charge in [-0.2, -0.15) is 0 Å². The number of rotatable bonds is 1. The molecular weight excluding hydrogens is 214 g/mol. The van der Waals surface area contributed by atoms with Crippen molar-refractivity contribution in [1.29, 1.82) is 0 Å². The van der Waals surface area contributed by atoms with Crippen molar-refractivity contribution < 1.29 is 10.2 Å². The molecule has 0 atom stereocenters. The molecule has 15 heavy (non-hydrogen) atoms. The molecule has 2 rings (SSSR count). The highest BCUT2D eigenvalue weighted by atomic mass is 35.5. The van der Waals surface area contributed by atoms with Gasteiger partial charge < -0.3 is 15.9 Å². The predicted molar refractivity (Wildman–Crippen MR) is 62.4 cm³/mol. The average molecular weight is 226 g/mol. The van der Waals surface area contributed by atoms with E-state index in [4.69, 9.17) is 5.73 Å². The summed E-state index contributed by atoms with van der Waals surface area (Å²) in [5.41, 5.74) is 6.50. The maximum atomic E-state index is 9.30. The molecule has 0 saturated carbocycles. The van der Waals surface area contributed by atoms with Gasteiger partial charge in [0.15, 0.2) is 11.5 Å². The van der Waals surface area contributed by atoms with Crippen molar-refractivity contribution in [3.63, 3.8) is 0 Å². The van der Waals surface area contributed by atoms with E-state index in [-0.39, 0.29) is 23.9 Å². The first-order valence-corrected chi connectivity index (χ1v) is 4.35. The van der Waals surface area contributed by atoms with Crippen LogP contribution in [0.3, 0.4) is 0 Å². The fourth-order valence-electron chi connectivity index (χ4n) is 1.45. The van der Waals surface area contributed by atoms with E-state index in [1.165, 1.54) is 12.1 Å². The highest BCUT2D eigenvalue weighted by molar-refractivity contribution is 5.86. The molecule has 4 heteroatoms. The zero-order valence-corrected chi connectivity index (χ0v) is 8.79. The van der Waals surface area contributed by atoms with Crippen LogP contribution in [0.25, 0.3) is 10.8 Å². The van der Waals surface area contributed by atoms with Crippen molar-refractivity contribution in [3.05, 3.63) is 35.9 Å². The molecule has 2 aromatic carbocycles. The lowest BCUT2D eigenvalue weighted by Gasteiger charge is -2.03. The zero-order valence-electron chi connectivity index (χ0n) is 7.97. The summed E-state index contributed by atoms with van der Waals surface area (Å²) >= 11 is 0. The molecule has 0 spiro atoms. The van der Waals surface area contributed by atoms with Crippen LogP contribution in [0.1, 0.15) is 5.56 Å². The second kappa shape index (κ2) is 4.38. The van der Waals surface area contributed by atoms with Gasteiger partial charge in [0, 0.05) is 6.54 Å². The average Bonchev–Trinajstić information content (AvgIpc) is 2.19. The third-order valence-electron chi connectivity index (χ3n) is 2.23. The fraction of sp³-hybridized carbons (Fsp3) is 0.0909. The van der Waals surface area contributed by atoms with Crippen molar-refractivity contribution in [2.75, 3.05) is 0 Å². The molecule has 0 saturated heterocycles. The lowest BCUT2D eigenvalue weighted by atomic mass is 10.1. The van der Waals surface area contributed by atoms with Crippen LogP contribution < -0.4 is 5.73 Å². The van der Waals surface area contributed by atoms with E-state index in [1.54, 1.807) is 0 Å².